The molecule has 0 spiro atoms. The second-order valence-electron chi connectivity index (χ2n) is 2.44. The number of phenols is 1. The summed E-state index contributed by atoms with van der Waals surface area (Å²) in [4.78, 5) is 11.2. The summed E-state index contributed by atoms with van der Waals surface area (Å²) in [7, 11) is 0. The monoisotopic (exact) mass is 186 g/mol. The van der Waals surface area contributed by atoms with E-state index in [4.69, 9.17) is 9.84 Å². The van der Waals surface area contributed by atoms with Gasteiger partial charge in [-0.05, 0) is 18.2 Å². The Labute approximate surface area is 94.6 Å². The number of esters is 1. The normalized spacial score (nSPS) is 8.57. The Morgan fingerprint density at radius 3 is 2.86 bits per heavy atom. The van der Waals surface area contributed by atoms with Crippen LogP contribution < -0.4 is 0 Å². The van der Waals surface area contributed by atoms with E-state index in [0.717, 1.165) is 0 Å². The predicted octanol–water partition coefficient (Wildman–Crippen LogP) is 1.09. The van der Waals surface area contributed by atoms with E-state index in [-0.39, 0.29) is 31.2 Å². The van der Waals surface area contributed by atoms with Gasteiger partial charge in [-0.15, -0.1) is 0 Å². The fourth-order valence-corrected chi connectivity index (χ4v) is 0.851. The van der Waals surface area contributed by atoms with E-state index in [0.29, 0.717) is 5.56 Å². The molecular weight excluding hydrogens is 175 g/mol. The van der Waals surface area contributed by atoms with E-state index in [2.05, 4.69) is 6.58 Å². The van der Waals surface area contributed by atoms with E-state index in [1.54, 1.807) is 12.1 Å². The van der Waals surface area contributed by atoms with Crippen LogP contribution in [0.25, 0.3) is 0 Å². The zero-order valence-corrected chi connectivity index (χ0v) is 7.06. The van der Waals surface area contributed by atoms with Crippen molar-refractivity contribution in [1.29, 1.82) is 0 Å². The van der Waals surface area contributed by atoms with Gasteiger partial charge in [0.1, 0.15) is 12.4 Å². The molecule has 4 heteroatoms. The summed E-state index contributed by atoms with van der Waals surface area (Å²) in [6.45, 7) is 3.59. The van der Waals surface area contributed by atoms with Crippen molar-refractivity contribution >= 4 is 24.8 Å². The van der Waals surface area contributed by atoms with Crippen molar-refractivity contribution in [3.8, 4) is 5.75 Å². The van der Waals surface area contributed by atoms with Crippen LogP contribution in [0.15, 0.2) is 36.9 Å². The Bertz CT molecular complexity index is 323. The molecule has 0 unspecified atom stereocenters. The zero-order valence-electron chi connectivity index (χ0n) is 7.06. The second kappa shape index (κ2) is 6.31. The molecule has 0 aromatic heterocycles. The van der Waals surface area contributed by atoms with Gasteiger partial charge in [-0.1, -0.05) is 18.7 Å². The molecule has 0 heterocycles. The third kappa shape index (κ3) is 3.69. The summed E-state index contributed by atoms with van der Waals surface area (Å²) in [5.74, 6) is -0.413. The molecule has 0 aliphatic rings. The minimum atomic E-state index is -0.462. The molecule has 0 aliphatic carbocycles. The Morgan fingerprint density at radius 1 is 1.57 bits per heavy atom. The summed E-state index contributed by atoms with van der Waals surface area (Å²) in [5.41, 5.74) is 0.335. The first-order valence-corrected chi connectivity index (χ1v) is 3.81. The molecule has 0 fully saturated rings. The molecular formula is C10H11LiO3. The van der Waals surface area contributed by atoms with Crippen molar-refractivity contribution in [2.45, 2.75) is 0 Å². The first-order valence-electron chi connectivity index (χ1n) is 3.81. The summed E-state index contributed by atoms with van der Waals surface area (Å²) in [5, 5.41) is 9.06. The van der Waals surface area contributed by atoms with Crippen LogP contribution in [0.1, 0.15) is 10.4 Å². The van der Waals surface area contributed by atoms with E-state index >= 15 is 0 Å². The molecule has 0 saturated heterocycles. The van der Waals surface area contributed by atoms with Crippen LogP contribution in [-0.2, 0) is 4.74 Å². The van der Waals surface area contributed by atoms with Crippen LogP contribution in [0.3, 0.4) is 0 Å². The van der Waals surface area contributed by atoms with Crippen LogP contribution in [-0.4, -0.2) is 36.5 Å². The van der Waals surface area contributed by atoms with E-state index in [1.165, 1.54) is 18.2 Å². The molecule has 0 aliphatic heterocycles. The fraction of sp³-hybridized carbons (Fsp3) is 0.100. The zero-order chi connectivity index (χ0) is 9.68. The molecule has 3 nitrogen and oxygen atoms in total. The molecule has 0 amide bonds. The van der Waals surface area contributed by atoms with Gasteiger partial charge in [0, 0.05) is 0 Å². The van der Waals surface area contributed by atoms with Crippen molar-refractivity contribution in [3.05, 3.63) is 42.5 Å². The van der Waals surface area contributed by atoms with Crippen LogP contribution in [0.2, 0.25) is 0 Å². The van der Waals surface area contributed by atoms with Gasteiger partial charge >= 0.3 is 24.8 Å². The molecule has 0 saturated carbocycles. The van der Waals surface area contributed by atoms with Crippen LogP contribution in [0, 0.1) is 0 Å². The SMILES string of the molecule is C=CCOC(=O)c1cccc(O)c1.[LiH]. The second-order valence-corrected chi connectivity index (χ2v) is 2.44. The van der Waals surface area contributed by atoms with E-state index in [9.17, 15) is 4.79 Å². The molecule has 1 N–H and O–H groups in total. The van der Waals surface area contributed by atoms with Crippen molar-refractivity contribution in [2.75, 3.05) is 6.61 Å². The van der Waals surface area contributed by atoms with Gasteiger partial charge < -0.3 is 9.84 Å². The molecule has 1 aromatic rings. The number of ether oxygens (including phenoxy) is 1. The Hall–Kier alpha value is -1.17. The Kier molecular flexibility index (Phi) is 5.78. The molecule has 1 rings (SSSR count). The van der Waals surface area contributed by atoms with E-state index in [1.807, 2.05) is 0 Å². The maximum absolute atomic E-state index is 11.2. The standard InChI is InChI=1S/C10H10O3.Li.H/c1-2-6-13-10(12)8-4-3-5-9(11)7-8;;/h2-5,7,11H,1,6H2;;. The first-order chi connectivity index (χ1) is 6.24. The number of carbonyl (C=O) groups excluding carboxylic acids is 1. The van der Waals surface area contributed by atoms with Crippen LogP contribution in [0.4, 0.5) is 0 Å². The number of hydrogen-bond acceptors (Lipinski definition) is 3. The minimum absolute atomic E-state index is 0. The van der Waals surface area contributed by atoms with Crippen LogP contribution in [0.5, 0.6) is 5.75 Å². The average molecular weight is 186 g/mol. The van der Waals surface area contributed by atoms with Gasteiger partial charge in [0.15, 0.2) is 0 Å². The molecule has 1 aromatic carbocycles. The predicted molar refractivity (Wildman–Crippen MR) is 55.7 cm³/mol. The average Bonchev–Trinajstić information content (AvgIpc) is 2.14. The number of carbonyl (C=O) groups is 1. The third-order valence-electron chi connectivity index (χ3n) is 1.41. The number of phenolic OH excluding ortho intramolecular Hbond substituents is 1. The molecule has 14 heavy (non-hydrogen) atoms. The van der Waals surface area contributed by atoms with Gasteiger partial charge in [0.2, 0.25) is 0 Å². The van der Waals surface area contributed by atoms with Crippen molar-refractivity contribution in [2.24, 2.45) is 0 Å². The fourth-order valence-electron chi connectivity index (χ4n) is 0.851. The molecule has 0 bridgehead atoms. The number of hydrogen-bond donors (Lipinski definition) is 1. The molecule has 0 atom stereocenters. The summed E-state index contributed by atoms with van der Waals surface area (Å²) in [6.07, 6.45) is 1.49. The van der Waals surface area contributed by atoms with Gasteiger partial charge in [-0.3, -0.25) is 0 Å². The van der Waals surface area contributed by atoms with Gasteiger partial charge in [0.05, 0.1) is 5.56 Å². The third-order valence-corrected chi connectivity index (χ3v) is 1.41. The summed E-state index contributed by atoms with van der Waals surface area (Å²) >= 11 is 0. The summed E-state index contributed by atoms with van der Waals surface area (Å²) < 4.78 is 4.76. The molecule has 0 radical (unpaired) electrons. The van der Waals surface area contributed by atoms with Gasteiger partial charge in [-0.2, -0.15) is 0 Å². The first kappa shape index (κ1) is 12.8. The molecule has 70 valence electrons. The maximum atomic E-state index is 11.2. The van der Waals surface area contributed by atoms with Crippen molar-refractivity contribution < 1.29 is 14.6 Å². The van der Waals surface area contributed by atoms with Crippen molar-refractivity contribution in [3.63, 3.8) is 0 Å². The van der Waals surface area contributed by atoms with E-state index < -0.39 is 5.97 Å². The van der Waals surface area contributed by atoms with Gasteiger partial charge in [-0.25, -0.2) is 4.79 Å². The summed E-state index contributed by atoms with van der Waals surface area (Å²) in [6, 6.07) is 6.00. The number of aromatic hydroxyl groups is 1. The number of benzene rings is 1. The Morgan fingerprint density at radius 2 is 2.29 bits per heavy atom. The van der Waals surface area contributed by atoms with Crippen LogP contribution >= 0.6 is 0 Å². The number of rotatable bonds is 3. The quantitative estimate of drug-likeness (QED) is 0.436. The topological polar surface area (TPSA) is 46.5 Å². The Balaban J connectivity index is 0.00000169. The van der Waals surface area contributed by atoms with Gasteiger partial charge in [0.25, 0.3) is 0 Å². The van der Waals surface area contributed by atoms with Crippen molar-refractivity contribution in [1.82, 2.24) is 0 Å².